The van der Waals surface area contributed by atoms with E-state index in [-0.39, 0.29) is 5.12 Å². The Hall–Kier alpha value is -1.48. The van der Waals surface area contributed by atoms with Crippen LogP contribution in [0.15, 0.2) is 35.2 Å². The average molecular weight is 230 g/mol. The standard InChI is InChI=1S/C13H10O2S/c1-15-11-6-8-4-2-3-5-9(8)13-10(11)7-12(14)16-13/h2-6H,7H2,1H3. The van der Waals surface area contributed by atoms with E-state index < -0.39 is 0 Å². The lowest BCUT2D eigenvalue weighted by Crippen LogP contribution is -1.93. The Kier molecular flexibility index (Phi) is 2.14. The minimum atomic E-state index is 0.199. The first-order valence-corrected chi connectivity index (χ1v) is 5.90. The zero-order valence-electron chi connectivity index (χ0n) is 8.82. The zero-order valence-corrected chi connectivity index (χ0v) is 9.64. The molecule has 0 N–H and O–H groups in total. The monoisotopic (exact) mass is 230 g/mol. The van der Waals surface area contributed by atoms with Gasteiger partial charge in [0.25, 0.3) is 0 Å². The summed E-state index contributed by atoms with van der Waals surface area (Å²) < 4.78 is 5.35. The van der Waals surface area contributed by atoms with Gasteiger partial charge in [-0.05, 0) is 16.8 Å². The van der Waals surface area contributed by atoms with Crippen LogP contribution in [0.3, 0.4) is 0 Å². The van der Waals surface area contributed by atoms with Crippen molar-refractivity contribution in [1.82, 2.24) is 0 Å². The Balaban J connectivity index is 2.39. The van der Waals surface area contributed by atoms with E-state index in [4.69, 9.17) is 4.74 Å². The highest BCUT2D eigenvalue weighted by atomic mass is 32.2. The van der Waals surface area contributed by atoms with E-state index in [1.165, 1.54) is 11.8 Å². The Morgan fingerprint density at radius 2 is 2.12 bits per heavy atom. The van der Waals surface area contributed by atoms with E-state index in [9.17, 15) is 4.79 Å². The summed E-state index contributed by atoms with van der Waals surface area (Å²) in [6.07, 6.45) is 0.480. The minimum absolute atomic E-state index is 0.199. The van der Waals surface area contributed by atoms with Gasteiger partial charge in [-0.25, -0.2) is 0 Å². The van der Waals surface area contributed by atoms with Gasteiger partial charge < -0.3 is 4.74 Å². The van der Waals surface area contributed by atoms with Crippen LogP contribution in [-0.2, 0) is 11.2 Å². The predicted octanol–water partition coefficient (Wildman–Crippen LogP) is 3.02. The third-order valence-corrected chi connectivity index (χ3v) is 3.86. The normalized spacial score (nSPS) is 14.2. The molecule has 1 aliphatic rings. The van der Waals surface area contributed by atoms with Gasteiger partial charge in [-0.1, -0.05) is 36.0 Å². The van der Waals surface area contributed by atoms with Crippen LogP contribution in [0.25, 0.3) is 10.8 Å². The smallest absolute Gasteiger partial charge is 0.198 e. The van der Waals surface area contributed by atoms with Crippen LogP contribution in [0.1, 0.15) is 5.56 Å². The van der Waals surface area contributed by atoms with Crippen molar-refractivity contribution in [2.24, 2.45) is 0 Å². The second-order valence-electron chi connectivity index (χ2n) is 3.76. The van der Waals surface area contributed by atoms with Gasteiger partial charge in [-0.2, -0.15) is 0 Å². The van der Waals surface area contributed by atoms with Gasteiger partial charge >= 0.3 is 0 Å². The van der Waals surface area contributed by atoms with E-state index >= 15 is 0 Å². The van der Waals surface area contributed by atoms with Crippen molar-refractivity contribution < 1.29 is 9.53 Å². The quantitative estimate of drug-likeness (QED) is 0.753. The zero-order chi connectivity index (χ0) is 11.1. The van der Waals surface area contributed by atoms with Gasteiger partial charge in [0.05, 0.1) is 7.11 Å². The number of thioether (sulfide) groups is 1. The number of fused-ring (bicyclic) bond motifs is 3. The largest absolute Gasteiger partial charge is 0.496 e. The molecular weight excluding hydrogens is 220 g/mol. The predicted molar refractivity (Wildman–Crippen MR) is 65.1 cm³/mol. The molecule has 0 radical (unpaired) electrons. The molecule has 1 heterocycles. The van der Waals surface area contributed by atoms with Crippen LogP contribution >= 0.6 is 11.8 Å². The first kappa shape index (κ1) is 9.73. The molecule has 0 amide bonds. The Morgan fingerprint density at radius 1 is 1.31 bits per heavy atom. The van der Waals surface area contributed by atoms with Gasteiger partial charge in [0.1, 0.15) is 5.75 Å². The molecule has 0 atom stereocenters. The molecule has 2 aromatic carbocycles. The molecule has 2 aromatic rings. The first-order chi connectivity index (χ1) is 7.79. The van der Waals surface area contributed by atoms with E-state index in [1.807, 2.05) is 24.3 Å². The van der Waals surface area contributed by atoms with Crippen LogP contribution in [0.5, 0.6) is 5.75 Å². The van der Waals surface area contributed by atoms with E-state index in [0.717, 1.165) is 27.0 Å². The average Bonchev–Trinajstić information content (AvgIpc) is 2.69. The molecule has 0 fully saturated rings. The molecule has 16 heavy (non-hydrogen) atoms. The minimum Gasteiger partial charge on any atom is -0.496 e. The summed E-state index contributed by atoms with van der Waals surface area (Å²) in [7, 11) is 1.65. The van der Waals surface area contributed by atoms with Crippen LogP contribution in [0.2, 0.25) is 0 Å². The molecule has 0 aliphatic carbocycles. The van der Waals surface area contributed by atoms with Crippen molar-refractivity contribution in [2.45, 2.75) is 11.3 Å². The molecule has 0 saturated heterocycles. The maximum absolute atomic E-state index is 11.5. The Labute approximate surface area is 97.6 Å². The number of benzene rings is 2. The second kappa shape index (κ2) is 3.52. The van der Waals surface area contributed by atoms with Gasteiger partial charge in [-0.15, -0.1) is 0 Å². The molecule has 80 valence electrons. The van der Waals surface area contributed by atoms with Gasteiger partial charge in [0, 0.05) is 16.9 Å². The number of carbonyl (C=O) groups is 1. The molecule has 1 aliphatic heterocycles. The van der Waals surface area contributed by atoms with Gasteiger partial charge in [-0.3, -0.25) is 4.79 Å². The van der Waals surface area contributed by atoms with Crippen LogP contribution in [0, 0.1) is 0 Å². The maximum atomic E-state index is 11.5. The summed E-state index contributed by atoms with van der Waals surface area (Å²) in [4.78, 5) is 12.6. The third-order valence-electron chi connectivity index (χ3n) is 2.82. The molecular formula is C13H10O2S. The van der Waals surface area contributed by atoms with Crippen molar-refractivity contribution in [2.75, 3.05) is 7.11 Å². The second-order valence-corrected chi connectivity index (χ2v) is 4.83. The van der Waals surface area contributed by atoms with Crippen molar-refractivity contribution in [3.05, 3.63) is 35.9 Å². The molecule has 3 heteroatoms. The van der Waals surface area contributed by atoms with Crippen molar-refractivity contribution in [3.63, 3.8) is 0 Å². The van der Waals surface area contributed by atoms with Crippen molar-refractivity contribution >= 4 is 27.6 Å². The van der Waals surface area contributed by atoms with E-state index in [1.54, 1.807) is 7.11 Å². The third kappa shape index (κ3) is 1.32. The molecule has 0 spiro atoms. The summed E-state index contributed by atoms with van der Waals surface area (Å²) in [6.45, 7) is 0. The SMILES string of the molecule is COc1cc2ccccc2c2c1CC(=O)S2. The number of methoxy groups -OCH3 is 1. The molecule has 2 nitrogen and oxygen atoms in total. The lowest BCUT2D eigenvalue weighted by Gasteiger charge is -2.09. The lowest BCUT2D eigenvalue weighted by atomic mass is 10.0. The fourth-order valence-electron chi connectivity index (χ4n) is 2.09. The van der Waals surface area contributed by atoms with Crippen LogP contribution in [-0.4, -0.2) is 12.2 Å². The summed E-state index contributed by atoms with van der Waals surface area (Å²) in [6, 6.07) is 10.1. The highest BCUT2D eigenvalue weighted by Gasteiger charge is 2.25. The Bertz CT molecular complexity index is 590. The highest BCUT2D eigenvalue weighted by molar-refractivity contribution is 8.14. The van der Waals surface area contributed by atoms with Crippen LogP contribution in [0.4, 0.5) is 0 Å². The molecule has 0 unspecified atom stereocenters. The lowest BCUT2D eigenvalue weighted by molar-refractivity contribution is -0.110. The number of hydrogen-bond acceptors (Lipinski definition) is 3. The number of hydrogen-bond donors (Lipinski definition) is 0. The first-order valence-electron chi connectivity index (χ1n) is 5.09. The molecule has 3 rings (SSSR count). The van der Waals surface area contributed by atoms with Crippen molar-refractivity contribution in [3.8, 4) is 5.75 Å². The summed E-state index contributed by atoms with van der Waals surface area (Å²) in [5, 5.41) is 2.47. The fourth-order valence-corrected chi connectivity index (χ4v) is 3.13. The molecule has 0 saturated carbocycles. The van der Waals surface area contributed by atoms with Gasteiger partial charge in [0.15, 0.2) is 5.12 Å². The summed E-state index contributed by atoms with van der Waals surface area (Å²) >= 11 is 1.33. The van der Waals surface area contributed by atoms with E-state index in [2.05, 4.69) is 6.07 Å². The summed E-state index contributed by atoms with van der Waals surface area (Å²) in [5.74, 6) is 0.826. The number of rotatable bonds is 1. The maximum Gasteiger partial charge on any atom is 0.198 e. The number of carbonyl (C=O) groups excluding carboxylic acids is 1. The topological polar surface area (TPSA) is 26.3 Å². The summed E-state index contributed by atoms with van der Waals surface area (Å²) in [5.41, 5.74) is 1.04. The van der Waals surface area contributed by atoms with Crippen molar-refractivity contribution in [1.29, 1.82) is 0 Å². The van der Waals surface area contributed by atoms with Gasteiger partial charge in [0.2, 0.25) is 0 Å². The molecule has 0 aromatic heterocycles. The fraction of sp³-hybridized carbons (Fsp3) is 0.154. The molecule has 0 bridgehead atoms. The Morgan fingerprint density at radius 3 is 2.94 bits per heavy atom. The number of ether oxygens (including phenoxy) is 1. The van der Waals surface area contributed by atoms with E-state index in [0.29, 0.717) is 6.42 Å². The van der Waals surface area contributed by atoms with Crippen LogP contribution < -0.4 is 4.74 Å². The highest BCUT2D eigenvalue weighted by Crippen LogP contribution is 2.43.